The first-order valence-electron chi connectivity index (χ1n) is 4.95. The van der Waals surface area contributed by atoms with Gasteiger partial charge in [-0.3, -0.25) is 14.4 Å². The fourth-order valence-corrected chi connectivity index (χ4v) is 0.938. The van der Waals surface area contributed by atoms with Gasteiger partial charge in [0.05, 0.1) is 0 Å². The summed E-state index contributed by atoms with van der Waals surface area (Å²) in [5, 5.41) is 10.5. The number of para-hydroxylation sites is 1. The number of rotatable bonds is 3. The summed E-state index contributed by atoms with van der Waals surface area (Å²) >= 11 is 0. The summed E-state index contributed by atoms with van der Waals surface area (Å²) < 4.78 is 0. The Kier molecular flexibility index (Phi) is 7.01. The third-order valence-corrected chi connectivity index (χ3v) is 1.49. The van der Waals surface area contributed by atoms with E-state index in [1.54, 1.807) is 0 Å². The lowest BCUT2D eigenvalue weighted by Crippen LogP contribution is -2.04. The first-order valence-corrected chi connectivity index (χ1v) is 4.95. The van der Waals surface area contributed by atoms with Crippen molar-refractivity contribution in [2.75, 3.05) is 5.32 Å². The molecule has 0 unspecified atom stereocenters. The molecule has 17 heavy (non-hydrogen) atoms. The maximum Gasteiger partial charge on any atom is 0.310 e. The Morgan fingerprint density at radius 2 is 1.65 bits per heavy atom. The molecule has 0 spiro atoms. The van der Waals surface area contributed by atoms with Crippen LogP contribution in [0.3, 0.4) is 0 Å². The molecule has 0 fully saturated rings. The minimum atomic E-state index is -1.06. The van der Waals surface area contributed by atoms with E-state index in [-0.39, 0.29) is 18.1 Å². The van der Waals surface area contributed by atoms with Crippen molar-refractivity contribution in [2.24, 2.45) is 0 Å². The molecule has 1 aromatic carbocycles. The number of carboxylic acid groups (broad SMARTS) is 1. The summed E-state index contributed by atoms with van der Waals surface area (Å²) in [4.78, 5) is 30.0. The van der Waals surface area contributed by atoms with Crippen molar-refractivity contribution in [1.82, 2.24) is 0 Å². The Bertz CT molecular complexity index is 375. The number of nitrogens with one attached hydrogen (secondary N) is 1. The number of carbonyl (C=O) groups is 3. The zero-order valence-electron chi connectivity index (χ0n) is 9.77. The number of Topliss-reactive ketones (excluding diaryl/α,β-unsaturated/α-hetero) is 1. The molecule has 1 amide bonds. The highest BCUT2D eigenvalue weighted by Crippen LogP contribution is 2.03. The van der Waals surface area contributed by atoms with E-state index in [2.05, 4.69) is 5.32 Å². The lowest BCUT2D eigenvalue weighted by atomic mass is 10.3. The van der Waals surface area contributed by atoms with Gasteiger partial charge < -0.3 is 10.4 Å². The average Bonchev–Trinajstić information content (AvgIpc) is 2.16. The highest BCUT2D eigenvalue weighted by molar-refractivity contribution is 5.93. The number of hydrogen-bond donors (Lipinski definition) is 2. The molecule has 0 saturated carbocycles. The van der Waals surface area contributed by atoms with Crippen molar-refractivity contribution < 1.29 is 19.5 Å². The quantitative estimate of drug-likeness (QED) is 0.783. The third kappa shape index (κ3) is 10.1. The Morgan fingerprint density at radius 1 is 1.12 bits per heavy atom. The fourth-order valence-electron chi connectivity index (χ4n) is 0.938. The number of ketones is 1. The largest absolute Gasteiger partial charge is 0.481 e. The van der Waals surface area contributed by atoms with Gasteiger partial charge in [0, 0.05) is 12.6 Å². The number of carboxylic acids is 1. The molecule has 1 aromatic rings. The Labute approximate surface area is 99.5 Å². The van der Waals surface area contributed by atoms with Crippen LogP contribution < -0.4 is 5.32 Å². The molecule has 92 valence electrons. The predicted octanol–water partition coefficient (Wildman–Crippen LogP) is 1.70. The molecule has 0 bridgehead atoms. The second-order valence-corrected chi connectivity index (χ2v) is 3.32. The summed E-state index contributed by atoms with van der Waals surface area (Å²) in [7, 11) is 0. The lowest BCUT2D eigenvalue weighted by molar-refractivity contribution is -0.139. The zero-order valence-corrected chi connectivity index (χ0v) is 9.77. The highest BCUT2D eigenvalue weighted by atomic mass is 16.4. The summed E-state index contributed by atoms with van der Waals surface area (Å²) in [6.07, 6.45) is -0.361. The Balaban J connectivity index is 0.000000325. The summed E-state index contributed by atoms with van der Waals surface area (Å²) in [5.41, 5.74) is 0.843. The maximum absolute atomic E-state index is 10.5. The van der Waals surface area contributed by atoms with Gasteiger partial charge in [-0.1, -0.05) is 18.2 Å². The van der Waals surface area contributed by atoms with E-state index in [9.17, 15) is 14.4 Å². The molecular weight excluding hydrogens is 222 g/mol. The topological polar surface area (TPSA) is 83.5 Å². The first-order chi connectivity index (χ1) is 7.91. The van der Waals surface area contributed by atoms with E-state index in [0.29, 0.717) is 0 Å². The molecule has 0 saturated heterocycles. The van der Waals surface area contributed by atoms with Crippen molar-refractivity contribution in [1.29, 1.82) is 0 Å². The summed E-state index contributed by atoms with van der Waals surface area (Å²) in [6, 6.07) is 9.37. The standard InChI is InChI=1S/C8H9NO.C4H6O3/c1-7(10)9-8-5-3-2-4-6-8;1-3(5)2-4(6)7/h2-6H,1H3,(H,9,10);2H2,1H3,(H,6,7). The van der Waals surface area contributed by atoms with Gasteiger partial charge in [0.15, 0.2) is 0 Å². The Morgan fingerprint density at radius 3 is 1.94 bits per heavy atom. The molecule has 0 radical (unpaired) electrons. The van der Waals surface area contributed by atoms with Crippen LogP contribution in [0.2, 0.25) is 0 Å². The van der Waals surface area contributed by atoms with Gasteiger partial charge >= 0.3 is 5.97 Å². The summed E-state index contributed by atoms with van der Waals surface area (Å²) in [5.74, 6) is -1.41. The molecule has 5 nitrogen and oxygen atoms in total. The van der Waals surface area contributed by atoms with Crippen LogP contribution in [0.25, 0.3) is 0 Å². The molecule has 0 aliphatic carbocycles. The van der Waals surface area contributed by atoms with Gasteiger partial charge in [-0.25, -0.2) is 0 Å². The van der Waals surface area contributed by atoms with Crippen LogP contribution in [0.4, 0.5) is 5.69 Å². The van der Waals surface area contributed by atoms with Crippen LogP contribution in [0.5, 0.6) is 0 Å². The van der Waals surface area contributed by atoms with Gasteiger partial charge in [-0.15, -0.1) is 0 Å². The number of amides is 1. The van der Waals surface area contributed by atoms with E-state index >= 15 is 0 Å². The van der Waals surface area contributed by atoms with Crippen LogP contribution >= 0.6 is 0 Å². The maximum atomic E-state index is 10.5. The molecule has 0 aliphatic heterocycles. The zero-order chi connectivity index (χ0) is 13.3. The molecular formula is C12H15NO4. The average molecular weight is 237 g/mol. The van der Waals surface area contributed by atoms with Crippen LogP contribution in [-0.2, 0) is 14.4 Å². The first kappa shape index (κ1) is 14.8. The molecule has 5 heteroatoms. The predicted molar refractivity (Wildman–Crippen MR) is 63.7 cm³/mol. The second-order valence-electron chi connectivity index (χ2n) is 3.32. The van der Waals surface area contributed by atoms with Crippen LogP contribution in [0, 0.1) is 0 Å². The molecule has 0 aliphatic rings. The van der Waals surface area contributed by atoms with Gasteiger partial charge in [0.1, 0.15) is 12.2 Å². The third-order valence-electron chi connectivity index (χ3n) is 1.49. The van der Waals surface area contributed by atoms with Gasteiger partial charge in [0.25, 0.3) is 0 Å². The van der Waals surface area contributed by atoms with E-state index < -0.39 is 5.97 Å². The van der Waals surface area contributed by atoms with Crippen molar-refractivity contribution in [3.63, 3.8) is 0 Å². The van der Waals surface area contributed by atoms with Crippen molar-refractivity contribution in [3.05, 3.63) is 30.3 Å². The highest BCUT2D eigenvalue weighted by Gasteiger charge is 1.98. The number of benzene rings is 1. The number of aliphatic carboxylic acids is 1. The minimum absolute atomic E-state index is 0.0359. The van der Waals surface area contributed by atoms with Gasteiger partial charge in [-0.2, -0.15) is 0 Å². The van der Waals surface area contributed by atoms with Crippen molar-refractivity contribution in [2.45, 2.75) is 20.3 Å². The monoisotopic (exact) mass is 237 g/mol. The van der Waals surface area contributed by atoms with E-state index in [1.165, 1.54) is 13.8 Å². The Hall–Kier alpha value is -2.17. The van der Waals surface area contributed by atoms with Crippen molar-refractivity contribution in [3.8, 4) is 0 Å². The molecule has 0 atom stereocenters. The van der Waals surface area contributed by atoms with E-state index in [4.69, 9.17) is 5.11 Å². The SMILES string of the molecule is CC(=O)CC(=O)O.CC(=O)Nc1ccccc1. The van der Waals surface area contributed by atoms with E-state index in [0.717, 1.165) is 5.69 Å². The number of hydrogen-bond acceptors (Lipinski definition) is 3. The van der Waals surface area contributed by atoms with Crippen LogP contribution in [-0.4, -0.2) is 22.8 Å². The van der Waals surface area contributed by atoms with Crippen LogP contribution in [0.1, 0.15) is 20.3 Å². The number of carbonyl (C=O) groups excluding carboxylic acids is 2. The van der Waals surface area contributed by atoms with E-state index in [1.807, 2.05) is 30.3 Å². The fraction of sp³-hybridized carbons (Fsp3) is 0.250. The molecule has 1 rings (SSSR count). The lowest BCUT2D eigenvalue weighted by Gasteiger charge is -1.98. The molecule has 2 N–H and O–H groups in total. The smallest absolute Gasteiger partial charge is 0.310 e. The molecule has 0 aromatic heterocycles. The molecule has 0 heterocycles. The van der Waals surface area contributed by atoms with Crippen LogP contribution in [0.15, 0.2) is 30.3 Å². The van der Waals surface area contributed by atoms with Gasteiger partial charge in [0.2, 0.25) is 5.91 Å². The van der Waals surface area contributed by atoms with Crippen molar-refractivity contribution >= 4 is 23.3 Å². The van der Waals surface area contributed by atoms with Gasteiger partial charge in [-0.05, 0) is 19.1 Å². The second kappa shape index (κ2) is 8.04. The number of anilines is 1. The normalized spacial score (nSPS) is 8.59. The summed E-state index contributed by atoms with van der Waals surface area (Å²) in [6.45, 7) is 2.74. The minimum Gasteiger partial charge on any atom is -0.481 e.